The summed E-state index contributed by atoms with van der Waals surface area (Å²) in [5.41, 5.74) is -0.109. The van der Waals surface area contributed by atoms with E-state index in [4.69, 9.17) is 9.47 Å². The van der Waals surface area contributed by atoms with Crippen molar-refractivity contribution in [2.24, 2.45) is 5.41 Å². The largest absolute Gasteiger partial charge is 0.497 e. The maximum absolute atomic E-state index is 12.8. The molecule has 22 heavy (non-hydrogen) atoms. The van der Waals surface area contributed by atoms with Crippen molar-refractivity contribution in [1.29, 1.82) is 0 Å². The lowest BCUT2D eigenvalue weighted by atomic mass is 9.71. The van der Waals surface area contributed by atoms with Crippen LogP contribution in [0.2, 0.25) is 0 Å². The number of carbonyl (C=O) groups excluding carboxylic acids is 1. The van der Waals surface area contributed by atoms with Crippen molar-refractivity contribution in [3.63, 3.8) is 0 Å². The Kier molecular flexibility index (Phi) is 3.22. The van der Waals surface area contributed by atoms with Crippen LogP contribution >= 0.6 is 0 Å². The zero-order valence-corrected chi connectivity index (χ0v) is 12.8. The zero-order chi connectivity index (χ0) is 16.0. The Morgan fingerprint density at radius 2 is 1.68 bits per heavy atom. The van der Waals surface area contributed by atoms with Gasteiger partial charge in [-0.2, -0.15) is 0 Å². The third-order valence-corrected chi connectivity index (χ3v) is 4.29. The highest BCUT2D eigenvalue weighted by molar-refractivity contribution is 6.04. The van der Waals surface area contributed by atoms with Crippen LogP contribution in [0.3, 0.4) is 0 Å². The number of ketones is 1. The number of Topliss-reactive ketones (excluding diaryl/α,β-unsaturated/α-hetero) is 1. The Hall–Kier alpha value is -2.33. The lowest BCUT2D eigenvalue weighted by Crippen LogP contribution is -2.54. The van der Waals surface area contributed by atoms with E-state index >= 15 is 0 Å². The number of methoxy groups -OCH3 is 1. The van der Waals surface area contributed by atoms with Crippen LogP contribution in [0.15, 0.2) is 48.5 Å². The molecule has 0 aliphatic carbocycles. The van der Waals surface area contributed by atoms with Crippen LogP contribution in [0.5, 0.6) is 11.5 Å². The van der Waals surface area contributed by atoms with Crippen molar-refractivity contribution >= 4 is 5.78 Å². The molecule has 0 fully saturated rings. The van der Waals surface area contributed by atoms with Gasteiger partial charge in [-0.25, -0.2) is 0 Å². The lowest BCUT2D eigenvalue weighted by Gasteiger charge is -2.45. The molecule has 0 spiro atoms. The summed E-state index contributed by atoms with van der Waals surface area (Å²) >= 11 is 0. The van der Waals surface area contributed by atoms with Gasteiger partial charge in [0, 0.05) is 5.56 Å². The summed E-state index contributed by atoms with van der Waals surface area (Å²) in [7, 11) is 1.57. The maximum atomic E-state index is 12.8. The highest BCUT2D eigenvalue weighted by Gasteiger charge is 2.56. The number of fused-ring (bicyclic) bond motifs is 1. The standard InChI is InChI=1S/C18H18O4/c1-17(2)16(19)14-6-4-5-7-15(14)22-18(17,20)12-8-10-13(21-3)11-9-12/h4-11,20H,1-3H3. The first-order chi connectivity index (χ1) is 10.4. The van der Waals surface area contributed by atoms with Gasteiger partial charge in [-0.15, -0.1) is 0 Å². The third-order valence-electron chi connectivity index (χ3n) is 4.29. The molecule has 0 radical (unpaired) electrons. The Bertz CT molecular complexity index is 718. The van der Waals surface area contributed by atoms with E-state index in [2.05, 4.69) is 0 Å². The first-order valence-electron chi connectivity index (χ1n) is 7.10. The molecule has 2 aromatic carbocycles. The quantitative estimate of drug-likeness (QED) is 0.925. The van der Waals surface area contributed by atoms with Crippen molar-refractivity contribution < 1.29 is 19.4 Å². The van der Waals surface area contributed by atoms with E-state index in [1.165, 1.54) is 0 Å². The molecule has 1 unspecified atom stereocenters. The van der Waals surface area contributed by atoms with Crippen LogP contribution in [0, 0.1) is 5.41 Å². The van der Waals surface area contributed by atoms with Gasteiger partial charge in [0.1, 0.15) is 11.5 Å². The fourth-order valence-electron chi connectivity index (χ4n) is 2.76. The van der Waals surface area contributed by atoms with Crippen LogP contribution in [0.25, 0.3) is 0 Å². The molecule has 0 bridgehead atoms. The number of aliphatic hydroxyl groups is 1. The molecule has 0 saturated heterocycles. The normalized spacial score (nSPS) is 22.6. The highest BCUT2D eigenvalue weighted by Crippen LogP contribution is 2.49. The van der Waals surface area contributed by atoms with E-state index in [1.807, 2.05) is 0 Å². The Labute approximate surface area is 129 Å². The summed E-state index contributed by atoms with van der Waals surface area (Å²) in [6.45, 7) is 3.38. The molecule has 1 N–H and O–H groups in total. The average Bonchev–Trinajstić information content (AvgIpc) is 2.53. The summed E-state index contributed by atoms with van der Waals surface area (Å²) in [6.07, 6.45) is 0. The van der Waals surface area contributed by atoms with Crippen LogP contribution in [0.1, 0.15) is 29.8 Å². The molecule has 1 heterocycles. The van der Waals surface area contributed by atoms with Gasteiger partial charge >= 0.3 is 0 Å². The zero-order valence-electron chi connectivity index (χ0n) is 12.8. The summed E-state index contributed by atoms with van der Waals surface area (Å²) in [5, 5.41) is 11.2. The van der Waals surface area contributed by atoms with Crippen molar-refractivity contribution in [2.45, 2.75) is 19.6 Å². The van der Waals surface area contributed by atoms with Gasteiger partial charge in [0.05, 0.1) is 18.1 Å². The van der Waals surface area contributed by atoms with Gasteiger partial charge in [0.15, 0.2) is 5.78 Å². The van der Waals surface area contributed by atoms with Crippen molar-refractivity contribution in [3.8, 4) is 11.5 Å². The number of rotatable bonds is 2. The summed E-state index contributed by atoms with van der Waals surface area (Å²) in [6, 6.07) is 13.9. The number of para-hydroxylation sites is 1. The summed E-state index contributed by atoms with van der Waals surface area (Å²) in [5.74, 6) is -0.810. The molecule has 3 rings (SSSR count). The summed E-state index contributed by atoms with van der Waals surface area (Å²) < 4.78 is 11.0. The Balaban J connectivity index is 2.14. The molecule has 0 aromatic heterocycles. The van der Waals surface area contributed by atoms with Crippen LogP contribution < -0.4 is 9.47 Å². The monoisotopic (exact) mass is 298 g/mol. The van der Waals surface area contributed by atoms with E-state index < -0.39 is 11.2 Å². The number of ether oxygens (including phenoxy) is 2. The third kappa shape index (κ3) is 1.91. The van der Waals surface area contributed by atoms with E-state index in [0.717, 1.165) is 0 Å². The van der Waals surface area contributed by atoms with E-state index in [-0.39, 0.29) is 5.78 Å². The Morgan fingerprint density at radius 3 is 2.32 bits per heavy atom. The van der Waals surface area contributed by atoms with E-state index in [9.17, 15) is 9.90 Å². The van der Waals surface area contributed by atoms with Crippen molar-refractivity contribution in [3.05, 3.63) is 59.7 Å². The fourth-order valence-corrected chi connectivity index (χ4v) is 2.76. The average molecular weight is 298 g/mol. The second-order valence-corrected chi connectivity index (χ2v) is 5.92. The second-order valence-electron chi connectivity index (χ2n) is 5.92. The van der Waals surface area contributed by atoms with Gasteiger partial charge < -0.3 is 14.6 Å². The molecular weight excluding hydrogens is 280 g/mol. The van der Waals surface area contributed by atoms with Gasteiger partial charge in [-0.3, -0.25) is 4.79 Å². The van der Waals surface area contributed by atoms with Crippen LogP contribution in [-0.2, 0) is 5.79 Å². The minimum absolute atomic E-state index is 0.146. The molecule has 0 amide bonds. The minimum Gasteiger partial charge on any atom is -0.497 e. The number of benzene rings is 2. The molecule has 114 valence electrons. The first kappa shape index (κ1) is 14.6. The first-order valence-corrected chi connectivity index (χ1v) is 7.10. The maximum Gasteiger partial charge on any atom is 0.247 e. The molecule has 1 atom stereocenters. The smallest absolute Gasteiger partial charge is 0.247 e. The van der Waals surface area contributed by atoms with Gasteiger partial charge in [0.25, 0.3) is 0 Å². The predicted molar refractivity (Wildman–Crippen MR) is 82.1 cm³/mol. The Morgan fingerprint density at radius 1 is 1.05 bits per heavy atom. The summed E-state index contributed by atoms with van der Waals surface area (Å²) in [4.78, 5) is 12.8. The van der Waals surface area contributed by atoms with Gasteiger partial charge in [0.2, 0.25) is 5.79 Å². The molecule has 4 heteroatoms. The SMILES string of the molecule is COc1ccc(C2(O)Oc3ccccc3C(=O)C2(C)C)cc1. The lowest BCUT2D eigenvalue weighted by molar-refractivity contribution is -0.210. The highest BCUT2D eigenvalue weighted by atomic mass is 16.6. The molecular formula is C18H18O4. The van der Waals surface area contributed by atoms with Gasteiger partial charge in [-0.05, 0) is 50.2 Å². The number of carbonyl (C=O) groups is 1. The molecule has 4 nitrogen and oxygen atoms in total. The van der Waals surface area contributed by atoms with Crippen LogP contribution in [-0.4, -0.2) is 18.0 Å². The minimum atomic E-state index is -1.73. The topological polar surface area (TPSA) is 55.8 Å². The van der Waals surface area contributed by atoms with Crippen molar-refractivity contribution in [2.75, 3.05) is 7.11 Å². The number of hydrogen-bond donors (Lipinski definition) is 1. The number of hydrogen-bond acceptors (Lipinski definition) is 4. The molecule has 2 aromatic rings. The predicted octanol–water partition coefficient (Wildman–Crippen LogP) is 3.14. The molecule has 1 aliphatic heterocycles. The molecule has 1 aliphatic rings. The second kappa shape index (κ2) is 4.85. The van der Waals surface area contributed by atoms with E-state index in [0.29, 0.717) is 22.6 Å². The van der Waals surface area contributed by atoms with Crippen LogP contribution in [0.4, 0.5) is 0 Å². The van der Waals surface area contributed by atoms with Crippen molar-refractivity contribution in [1.82, 2.24) is 0 Å². The van der Waals surface area contributed by atoms with E-state index in [1.54, 1.807) is 69.5 Å². The molecule has 0 saturated carbocycles. The van der Waals surface area contributed by atoms with Gasteiger partial charge in [-0.1, -0.05) is 12.1 Å². The fraction of sp³-hybridized carbons (Fsp3) is 0.278.